The van der Waals surface area contributed by atoms with Gasteiger partial charge >= 0.3 is 0 Å². The second-order valence-corrected chi connectivity index (χ2v) is 6.53. The number of hydrogen-bond donors (Lipinski definition) is 1. The van der Waals surface area contributed by atoms with E-state index in [9.17, 15) is 0 Å². The molecule has 2 nitrogen and oxygen atoms in total. The van der Waals surface area contributed by atoms with Crippen molar-refractivity contribution < 1.29 is 0 Å². The Morgan fingerprint density at radius 2 is 1.95 bits per heavy atom. The zero-order valence-corrected chi connectivity index (χ0v) is 14.4. The van der Waals surface area contributed by atoms with Crippen LogP contribution in [0.2, 0.25) is 0 Å². The van der Waals surface area contributed by atoms with Crippen LogP contribution < -0.4 is 10.2 Å². The van der Waals surface area contributed by atoms with Crippen molar-refractivity contribution in [2.24, 2.45) is 5.92 Å². The van der Waals surface area contributed by atoms with Crippen molar-refractivity contribution in [1.82, 2.24) is 5.32 Å². The van der Waals surface area contributed by atoms with Crippen LogP contribution in [0, 0.1) is 5.92 Å². The molecule has 0 radical (unpaired) electrons. The van der Waals surface area contributed by atoms with Crippen molar-refractivity contribution in [1.29, 1.82) is 0 Å². The molecule has 0 bridgehead atoms. The minimum absolute atomic E-state index is 0.557. The lowest BCUT2D eigenvalue weighted by Gasteiger charge is -2.27. The minimum atomic E-state index is 0.557. The topological polar surface area (TPSA) is 15.3 Å². The van der Waals surface area contributed by atoms with E-state index in [0.717, 1.165) is 19.5 Å². The van der Waals surface area contributed by atoms with Gasteiger partial charge in [-0.2, -0.15) is 0 Å². The van der Waals surface area contributed by atoms with Crippen molar-refractivity contribution >= 4 is 21.6 Å². The van der Waals surface area contributed by atoms with Crippen LogP contribution in [-0.2, 0) is 6.54 Å². The summed E-state index contributed by atoms with van der Waals surface area (Å²) in [5.41, 5.74) is 2.59. The first-order valence-electron chi connectivity index (χ1n) is 7.17. The van der Waals surface area contributed by atoms with E-state index < -0.39 is 0 Å². The maximum atomic E-state index is 3.70. The molecule has 1 aromatic carbocycles. The van der Waals surface area contributed by atoms with E-state index in [1.54, 1.807) is 0 Å². The fourth-order valence-corrected chi connectivity index (χ4v) is 2.67. The second kappa shape index (κ2) is 7.91. The third-order valence-electron chi connectivity index (χ3n) is 3.53. The molecule has 1 unspecified atom stereocenters. The number of nitrogens with one attached hydrogen (secondary N) is 1. The van der Waals surface area contributed by atoms with Crippen LogP contribution in [0.3, 0.4) is 0 Å². The highest BCUT2D eigenvalue weighted by Crippen LogP contribution is 2.28. The number of nitrogens with zero attached hydrogens (tertiary/aromatic N) is 1. The molecule has 0 spiro atoms. The van der Waals surface area contributed by atoms with Gasteiger partial charge < -0.3 is 10.2 Å². The fourth-order valence-electron chi connectivity index (χ4n) is 1.96. The Hall–Kier alpha value is -0.540. The quantitative estimate of drug-likeness (QED) is 0.797. The van der Waals surface area contributed by atoms with Crippen LogP contribution in [0.1, 0.15) is 39.7 Å². The molecule has 1 rings (SSSR count). The Kier molecular flexibility index (Phi) is 6.87. The Morgan fingerprint density at radius 3 is 2.47 bits per heavy atom. The molecule has 0 aliphatic heterocycles. The number of rotatable bonds is 7. The molecule has 0 fully saturated rings. The molecule has 0 amide bonds. The summed E-state index contributed by atoms with van der Waals surface area (Å²) in [6.45, 7) is 10.9. The van der Waals surface area contributed by atoms with Crippen molar-refractivity contribution in [3.63, 3.8) is 0 Å². The van der Waals surface area contributed by atoms with Crippen LogP contribution in [0.4, 0.5) is 5.69 Å². The lowest BCUT2D eigenvalue weighted by molar-refractivity contribution is 0.552. The SMILES string of the molecule is CCC(C)N(C)c1ccc(CNCC(C)C)cc1Br. The first-order chi connectivity index (χ1) is 8.95. The lowest BCUT2D eigenvalue weighted by atomic mass is 10.1. The van der Waals surface area contributed by atoms with Gasteiger partial charge in [0.05, 0.1) is 5.69 Å². The molecule has 0 saturated carbocycles. The Bertz CT molecular complexity index is 390. The molecular weight excluding hydrogens is 300 g/mol. The maximum Gasteiger partial charge on any atom is 0.0510 e. The van der Waals surface area contributed by atoms with E-state index in [2.05, 4.69) is 79.1 Å². The molecule has 1 atom stereocenters. The predicted molar refractivity (Wildman–Crippen MR) is 88.8 cm³/mol. The molecule has 108 valence electrons. The van der Waals surface area contributed by atoms with Gasteiger partial charge in [-0.1, -0.05) is 26.8 Å². The smallest absolute Gasteiger partial charge is 0.0510 e. The molecule has 19 heavy (non-hydrogen) atoms. The van der Waals surface area contributed by atoms with Crippen molar-refractivity contribution in [2.45, 2.75) is 46.7 Å². The van der Waals surface area contributed by atoms with Gasteiger partial charge in [0.1, 0.15) is 0 Å². The van der Waals surface area contributed by atoms with Crippen LogP contribution in [0.25, 0.3) is 0 Å². The zero-order chi connectivity index (χ0) is 14.4. The lowest BCUT2D eigenvalue weighted by Crippen LogP contribution is -2.28. The van der Waals surface area contributed by atoms with Crippen LogP contribution in [0.15, 0.2) is 22.7 Å². The monoisotopic (exact) mass is 326 g/mol. The first kappa shape index (κ1) is 16.5. The second-order valence-electron chi connectivity index (χ2n) is 5.68. The molecular formula is C16H27BrN2. The summed E-state index contributed by atoms with van der Waals surface area (Å²) in [6.07, 6.45) is 1.15. The van der Waals surface area contributed by atoms with Gasteiger partial charge in [0, 0.05) is 24.1 Å². The maximum absolute atomic E-state index is 3.70. The molecule has 3 heteroatoms. The Labute approximate surface area is 126 Å². The Morgan fingerprint density at radius 1 is 1.26 bits per heavy atom. The molecule has 1 aromatic rings. The van der Waals surface area contributed by atoms with E-state index in [4.69, 9.17) is 0 Å². The van der Waals surface area contributed by atoms with Crippen LogP contribution in [0.5, 0.6) is 0 Å². The summed E-state index contributed by atoms with van der Waals surface area (Å²) in [6, 6.07) is 7.21. The number of hydrogen-bond acceptors (Lipinski definition) is 2. The highest BCUT2D eigenvalue weighted by Gasteiger charge is 2.11. The van der Waals surface area contributed by atoms with E-state index in [-0.39, 0.29) is 0 Å². The van der Waals surface area contributed by atoms with Gasteiger partial charge in [-0.3, -0.25) is 0 Å². The van der Waals surface area contributed by atoms with Crippen LogP contribution >= 0.6 is 15.9 Å². The van der Waals surface area contributed by atoms with E-state index in [0.29, 0.717) is 12.0 Å². The van der Waals surface area contributed by atoms with E-state index in [1.807, 2.05) is 0 Å². The van der Waals surface area contributed by atoms with Crippen molar-refractivity contribution in [3.05, 3.63) is 28.2 Å². The number of halogens is 1. The minimum Gasteiger partial charge on any atom is -0.371 e. The van der Waals surface area contributed by atoms with Gasteiger partial charge in [-0.25, -0.2) is 0 Å². The summed E-state index contributed by atoms with van der Waals surface area (Å²) in [7, 11) is 2.16. The van der Waals surface area contributed by atoms with Gasteiger partial charge in [-0.05, 0) is 59.4 Å². The highest BCUT2D eigenvalue weighted by atomic mass is 79.9. The molecule has 0 aliphatic carbocycles. The number of benzene rings is 1. The number of anilines is 1. The third-order valence-corrected chi connectivity index (χ3v) is 4.16. The third kappa shape index (κ3) is 5.15. The average molecular weight is 327 g/mol. The van der Waals surface area contributed by atoms with Gasteiger partial charge in [0.2, 0.25) is 0 Å². The first-order valence-corrected chi connectivity index (χ1v) is 7.97. The van der Waals surface area contributed by atoms with E-state index >= 15 is 0 Å². The van der Waals surface area contributed by atoms with Gasteiger partial charge in [0.25, 0.3) is 0 Å². The largest absolute Gasteiger partial charge is 0.371 e. The normalized spacial score (nSPS) is 12.8. The predicted octanol–water partition coefficient (Wildman–Crippen LogP) is 4.43. The zero-order valence-electron chi connectivity index (χ0n) is 12.8. The van der Waals surface area contributed by atoms with Crippen molar-refractivity contribution in [3.8, 4) is 0 Å². The average Bonchev–Trinajstić information content (AvgIpc) is 2.36. The highest BCUT2D eigenvalue weighted by molar-refractivity contribution is 9.10. The van der Waals surface area contributed by atoms with Gasteiger partial charge in [0.15, 0.2) is 0 Å². The van der Waals surface area contributed by atoms with E-state index in [1.165, 1.54) is 15.7 Å². The summed E-state index contributed by atoms with van der Waals surface area (Å²) in [5.74, 6) is 0.694. The fraction of sp³-hybridized carbons (Fsp3) is 0.625. The Balaban J connectivity index is 2.69. The molecule has 0 saturated heterocycles. The van der Waals surface area contributed by atoms with Crippen LogP contribution in [-0.4, -0.2) is 19.6 Å². The molecule has 0 heterocycles. The van der Waals surface area contributed by atoms with Crippen molar-refractivity contribution in [2.75, 3.05) is 18.5 Å². The standard InChI is InChI=1S/C16H27BrN2/c1-6-13(4)19(5)16-8-7-14(9-15(16)17)11-18-10-12(2)3/h7-9,12-13,18H,6,10-11H2,1-5H3. The summed E-state index contributed by atoms with van der Waals surface area (Å²) >= 11 is 3.70. The van der Waals surface area contributed by atoms with Gasteiger partial charge in [-0.15, -0.1) is 0 Å². The summed E-state index contributed by atoms with van der Waals surface area (Å²) < 4.78 is 1.18. The molecule has 1 N–H and O–H groups in total. The molecule has 0 aromatic heterocycles. The summed E-state index contributed by atoms with van der Waals surface area (Å²) in [4.78, 5) is 2.33. The molecule has 0 aliphatic rings. The summed E-state index contributed by atoms with van der Waals surface area (Å²) in [5, 5.41) is 3.48.